The zero-order chi connectivity index (χ0) is 21.8. The van der Waals surface area contributed by atoms with Gasteiger partial charge < -0.3 is 18.6 Å². The Morgan fingerprint density at radius 2 is 1.77 bits per heavy atom. The molecule has 0 aliphatic heterocycles. The van der Waals surface area contributed by atoms with Crippen LogP contribution in [0.1, 0.15) is 32.8 Å². The molecule has 0 N–H and O–H groups in total. The van der Waals surface area contributed by atoms with E-state index in [2.05, 4.69) is 0 Å². The van der Waals surface area contributed by atoms with E-state index < -0.39 is 17.4 Å². The monoisotopic (exact) mass is 430 g/mol. The fraction of sp³-hybridized carbons (Fsp3) is 0.227. The van der Waals surface area contributed by atoms with Crippen molar-refractivity contribution in [2.24, 2.45) is 0 Å². The molecule has 1 heterocycles. The van der Waals surface area contributed by atoms with Crippen LogP contribution >= 0.6 is 11.6 Å². The Balaban J connectivity index is 2.21. The van der Waals surface area contributed by atoms with Crippen molar-refractivity contribution in [1.82, 2.24) is 0 Å². The molecule has 8 heteroatoms. The molecule has 0 atom stereocenters. The van der Waals surface area contributed by atoms with E-state index in [0.717, 1.165) is 0 Å². The lowest BCUT2D eigenvalue weighted by atomic mass is 10.1. The van der Waals surface area contributed by atoms with Crippen LogP contribution < -0.4 is 19.6 Å². The van der Waals surface area contributed by atoms with Crippen LogP contribution in [-0.2, 0) is 16.0 Å². The molecular weight excluding hydrogens is 412 g/mol. The van der Waals surface area contributed by atoms with Gasteiger partial charge in [-0.15, -0.1) is 0 Å². The van der Waals surface area contributed by atoms with Gasteiger partial charge in [-0.1, -0.05) is 25.4 Å². The standard InChI is InChI=1S/C22H19ClO7/c1-4-13-10-16-18(11-17(13)27-12(3)24)29-22(30-19(25)5-2)21(20(16)26)28-15-8-6-14(23)7-9-15/h6-11H,4-5H2,1-3H3. The van der Waals surface area contributed by atoms with E-state index in [4.69, 9.17) is 30.2 Å². The van der Waals surface area contributed by atoms with Gasteiger partial charge in [-0.3, -0.25) is 14.4 Å². The number of rotatable bonds is 6. The van der Waals surface area contributed by atoms with Crippen LogP contribution in [-0.4, -0.2) is 11.9 Å². The lowest BCUT2D eigenvalue weighted by Gasteiger charge is -2.13. The lowest BCUT2D eigenvalue weighted by molar-refractivity contribution is -0.135. The largest absolute Gasteiger partial charge is 0.446 e. The Labute approximate surface area is 177 Å². The number of halogens is 1. The summed E-state index contributed by atoms with van der Waals surface area (Å²) in [6.07, 6.45) is 0.577. The maximum Gasteiger partial charge on any atom is 0.341 e. The first-order valence-electron chi connectivity index (χ1n) is 9.28. The number of carbonyl (C=O) groups excluding carboxylic acids is 2. The second-order valence-corrected chi connectivity index (χ2v) is 6.77. The van der Waals surface area contributed by atoms with Crippen molar-refractivity contribution in [3.8, 4) is 23.2 Å². The van der Waals surface area contributed by atoms with Gasteiger partial charge in [0.15, 0.2) is 0 Å². The maximum absolute atomic E-state index is 13.2. The van der Waals surface area contributed by atoms with Gasteiger partial charge in [-0.25, -0.2) is 0 Å². The zero-order valence-electron chi connectivity index (χ0n) is 16.6. The van der Waals surface area contributed by atoms with Crippen molar-refractivity contribution in [3.63, 3.8) is 0 Å². The molecule has 0 spiro atoms. The summed E-state index contributed by atoms with van der Waals surface area (Å²) in [5.74, 6) is -1.19. The first-order chi connectivity index (χ1) is 14.3. The summed E-state index contributed by atoms with van der Waals surface area (Å²) < 4.78 is 21.8. The molecule has 3 aromatic rings. The third-order valence-corrected chi connectivity index (χ3v) is 4.42. The maximum atomic E-state index is 13.2. The van der Waals surface area contributed by atoms with E-state index in [-0.39, 0.29) is 34.8 Å². The molecule has 0 radical (unpaired) electrons. The van der Waals surface area contributed by atoms with Gasteiger partial charge in [-0.05, 0) is 42.3 Å². The Morgan fingerprint density at radius 3 is 2.37 bits per heavy atom. The summed E-state index contributed by atoms with van der Waals surface area (Å²) in [5.41, 5.74) is 0.200. The van der Waals surface area contributed by atoms with E-state index in [1.807, 2.05) is 6.92 Å². The fourth-order valence-electron chi connectivity index (χ4n) is 2.71. The summed E-state index contributed by atoms with van der Waals surface area (Å²) in [4.78, 5) is 36.4. The minimum Gasteiger partial charge on any atom is -0.446 e. The highest BCUT2D eigenvalue weighted by Crippen LogP contribution is 2.35. The van der Waals surface area contributed by atoms with Gasteiger partial charge in [0.25, 0.3) is 5.75 Å². The summed E-state index contributed by atoms with van der Waals surface area (Å²) in [7, 11) is 0. The number of hydrogen-bond acceptors (Lipinski definition) is 7. The van der Waals surface area contributed by atoms with Crippen molar-refractivity contribution in [3.05, 3.63) is 57.2 Å². The Kier molecular flexibility index (Phi) is 6.42. The smallest absolute Gasteiger partial charge is 0.341 e. The van der Waals surface area contributed by atoms with Gasteiger partial charge in [0.2, 0.25) is 5.43 Å². The van der Waals surface area contributed by atoms with Crippen molar-refractivity contribution in [1.29, 1.82) is 0 Å². The molecule has 0 unspecified atom stereocenters. The quantitative estimate of drug-likeness (QED) is 0.399. The summed E-state index contributed by atoms with van der Waals surface area (Å²) in [5, 5.41) is 0.694. The molecule has 0 bridgehead atoms. The third-order valence-electron chi connectivity index (χ3n) is 4.16. The van der Waals surface area contributed by atoms with Gasteiger partial charge in [0.1, 0.15) is 17.1 Å². The van der Waals surface area contributed by atoms with Gasteiger partial charge >= 0.3 is 17.9 Å². The number of aryl methyl sites for hydroxylation is 1. The average molecular weight is 431 g/mol. The predicted octanol–water partition coefficient (Wildman–Crippen LogP) is 5.04. The normalized spacial score (nSPS) is 10.7. The van der Waals surface area contributed by atoms with E-state index in [0.29, 0.717) is 22.8 Å². The van der Waals surface area contributed by atoms with Crippen molar-refractivity contribution < 1.29 is 28.2 Å². The molecule has 0 saturated heterocycles. The summed E-state index contributed by atoms with van der Waals surface area (Å²) >= 11 is 5.89. The molecule has 1 aromatic heterocycles. The number of carbonyl (C=O) groups is 2. The minimum absolute atomic E-state index is 0.0651. The zero-order valence-corrected chi connectivity index (χ0v) is 17.4. The highest BCUT2D eigenvalue weighted by atomic mass is 35.5. The van der Waals surface area contributed by atoms with E-state index in [1.54, 1.807) is 37.3 Å². The van der Waals surface area contributed by atoms with Crippen molar-refractivity contribution in [2.75, 3.05) is 0 Å². The molecule has 30 heavy (non-hydrogen) atoms. The molecule has 0 aliphatic rings. The fourth-order valence-corrected chi connectivity index (χ4v) is 2.83. The first-order valence-corrected chi connectivity index (χ1v) is 9.66. The van der Waals surface area contributed by atoms with Crippen LogP contribution in [0.2, 0.25) is 5.02 Å². The summed E-state index contributed by atoms with van der Waals surface area (Å²) in [6, 6.07) is 9.32. The first kappa shape index (κ1) is 21.4. The number of esters is 2. The van der Waals surface area contributed by atoms with Gasteiger partial charge in [-0.2, -0.15) is 0 Å². The van der Waals surface area contributed by atoms with E-state index in [1.165, 1.54) is 13.0 Å². The second-order valence-electron chi connectivity index (χ2n) is 6.33. The van der Waals surface area contributed by atoms with Gasteiger partial charge in [0, 0.05) is 24.4 Å². The van der Waals surface area contributed by atoms with Crippen LogP contribution in [0.3, 0.4) is 0 Å². The molecule has 0 amide bonds. The SMILES string of the molecule is CCC(=O)Oc1oc2cc(OC(C)=O)c(CC)cc2c(=O)c1Oc1ccc(Cl)cc1. The second kappa shape index (κ2) is 9.00. The van der Waals surface area contributed by atoms with Crippen LogP contribution in [0.25, 0.3) is 11.0 Å². The number of hydrogen-bond donors (Lipinski definition) is 0. The molecule has 0 aliphatic carbocycles. The third kappa shape index (κ3) is 4.63. The van der Waals surface area contributed by atoms with Crippen LogP contribution in [0.4, 0.5) is 0 Å². The summed E-state index contributed by atoms with van der Waals surface area (Å²) in [6.45, 7) is 4.74. The minimum atomic E-state index is -0.608. The van der Waals surface area contributed by atoms with E-state index in [9.17, 15) is 14.4 Å². The Hall–Kier alpha value is -3.32. The average Bonchev–Trinajstić information content (AvgIpc) is 2.71. The molecule has 7 nitrogen and oxygen atoms in total. The molecule has 156 valence electrons. The van der Waals surface area contributed by atoms with Crippen LogP contribution in [0, 0.1) is 0 Å². The van der Waals surface area contributed by atoms with Crippen molar-refractivity contribution >= 4 is 34.5 Å². The topological polar surface area (TPSA) is 92.0 Å². The van der Waals surface area contributed by atoms with E-state index >= 15 is 0 Å². The number of ether oxygens (including phenoxy) is 3. The predicted molar refractivity (Wildman–Crippen MR) is 111 cm³/mol. The Morgan fingerprint density at radius 1 is 1.07 bits per heavy atom. The molecular formula is C22H19ClO7. The molecule has 0 fully saturated rings. The molecule has 0 saturated carbocycles. The van der Waals surface area contributed by atoms with Crippen LogP contribution in [0.5, 0.6) is 23.2 Å². The van der Waals surface area contributed by atoms with Crippen molar-refractivity contribution in [2.45, 2.75) is 33.6 Å². The lowest BCUT2D eigenvalue weighted by Crippen LogP contribution is -2.13. The molecule has 3 rings (SSSR count). The number of fused-ring (bicyclic) bond motifs is 1. The highest BCUT2D eigenvalue weighted by molar-refractivity contribution is 6.30. The van der Waals surface area contributed by atoms with Gasteiger partial charge in [0.05, 0.1) is 5.39 Å². The van der Waals surface area contributed by atoms with Crippen LogP contribution in [0.15, 0.2) is 45.6 Å². The molecule has 2 aromatic carbocycles. The number of benzene rings is 2. The Bertz CT molecular complexity index is 1160. The highest BCUT2D eigenvalue weighted by Gasteiger charge is 2.22.